The molecular formula is C22H19N3O2S. The van der Waals surface area contributed by atoms with Gasteiger partial charge in [0.15, 0.2) is 5.11 Å². The summed E-state index contributed by atoms with van der Waals surface area (Å²) in [5, 5.41) is 8.56. The molecule has 0 unspecified atom stereocenters. The molecule has 0 saturated carbocycles. The first-order valence-electron chi connectivity index (χ1n) is 8.72. The Kier molecular flexibility index (Phi) is 6.49. The van der Waals surface area contributed by atoms with Crippen LogP contribution in [0.5, 0.6) is 0 Å². The van der Waals surface area contributed by atoms with Crippen LogP contribution in [0.3, 0.4) is 0 Å². The molecule has 0 heterocycles. The van der Waals surface area contributed by atoms with E-state index in [0.29, 0.717) is 23.4 Å². The lowest BCUT2D eigenvalue weighted by Gasteiger charge is -2.13. The van der Waals surface area contributed by atoms with Crippen LogP contribution in [0.15, 0.2) is 84.9 Å². The highest BCUT2D eigenvalue weighted by molar-refractivity contribution is 7.80. The number of rotatable bonds is 5. The molecule has 0 bridgehead atoms. The Labute approximate surface area is 168 Å². The molecule has 0 aliphatic carbocycles. The van der Waals surface area contributed by atoms with Crippen LogP contribution in [0, 0.1) is 0 Å². The number of hydrogen-bond acceptors (Lipinski definition) is 3. The molecule has 0 saturated heterocycles. The van der Waals surface area contributed by atoms with Crippen LogP contribution < -0.4 is 16.0 Å². The van der Waals surface area contributed by atoms with E-state index in [4.69, 9.17) is 12.2 Å². The second kappa shape index (κ2) is 9.43. The summed E-state index contributed by atoms with van der Waals surface area (Å²) < 4.78 is 0. The van der Waals surface area contributed by atoms with E-state index in [0.717, 1.165) is 5.56 Å². The molecule has 0 fully saturated rings. The monoisotopic (exact) mass is 389 g/mol. The van der Waals surface area contributed by atoms with E-state index in [1.54, 1.807) is 48.5 Å². The Morgan fingerprint density at radius 3 is 2.07 bits per heavy atom. The predicted molar refractivity (Wildman–Crippen MR) is 114 cm³/mol. The van der Waals surface area contributed by atoms with Crippen molar-refractivity contribution in [3.05, 3.63) is 102 Å². The number of anilines is 1. The molecule has 0 radical (unpaired) electrons. The standard InChI is InChI=1S/C22H19N3O2S/c26-20(17-11-5-2-6-12-17)25-22(28)24-19-14-8-7-13-18(19)21(27)23-15-16-9-3-1-4-10-16/h1-14H,15H2,(H,23,27)(H2,24,25,26,28). The number of amides is 2. The molecule has 0 aliphatic heterocycles. The summed E-state index contributed by atoms with van der Waals surface area (Å²) in [5.74, 6) is -0.548. The fourth-order valence-corrected chi connectivity index (χ4v) is 2.78. The average Bonchev–Trinajstić information content (AvgIpc) is 2.73. The van der Waals surface area contributed by atoms with E-state index >= 15 is 0 Å². The second-order valence-corrected chi connectivity index (χ2v) is 6.40. The minimum absolute atomic E-state index is 0.122. The van der Waals surface area contributed by atoms with Crippen molar-refractivity contribution in [2.45, 2.75) is 6.54 Å². The van der Waals surface area contributed by atoms with Crippen molar-refractivity contribution in [3.63, 3.8) is 0 Å². The molecule has 3 aromatic rings. The molecule has 0 atom stereocenters. The number of nitrogens with one attached hydrogen (secondary N) is 3. The van der Waals surface area contributed by atoms with Crippen LogP contribution in [-0.4, -0.2) is 16.9 Å². The van der Waals surface area contributed by atoms with Gasteiger partial charge < -0.3 is 10.6 Å². The molecule has 3 rings (SSSR count). The van der Waals surface area contributed by atoms with Crippen molar-refractivity contribution in [3.8, 4) is 0 Å². The minimum Gasteiger partial charge on any atom is -0.348 e. The first kappa shape index (κ1) is 19.3. The number of carbonyl (C=O) groups excluding carboxylic acids is 2. The van der Waals surface area contributed by atoms with E-state index in [2.05, 4.69) is 16.0 Å². The quantitative estimate of drug-likeness (QED) is 0.582. The van der Waals surface area contributed by atoms with Crippen molar-refractivity contribution in [1.29, 1.82) is 0 Å². The van der Waals surface area contributed by atoms with E-state index in [-0.39, 0.29) is 16.9 Å². The maximum atomic E-state index is 12.6. The molecular weight excluding hydrogens is 370 g/mol. The average molecular weight is 389 g/mol. The summed E-state index contributed by atoms with van der Waals surface area (Å²) in [6.07, 6.45) is 0. The highest BCUT2D eigenvalue weighted by Crippen LogP contribution is 2.15. The summed E-state index contributed by atoms with van der Waals surface area (Å²) in [6, 6.07) is 25.4. The van der Waals surface area contributed by atoms with Crippen molar-refractivity contribution in [1.82, 2.24) is 10.6 Å². The Hall–Kier alpha value is -3.51. The summed E-state index contributed by atoms with van der Waals surface area (Å²) in [4.78, 5) is 24.8. The lowest BCUT2D eigenvalue weighted by atomic mass is 10.1. The van der Waals surface area contributed by atoms with Crippen molar-refractivity contribution < 1.29 is 9.59 Å². The highest BCUT2D eigenvalue weighted by atomic mass is 32.1. The van der Waals surface area contributed by atoms with Crippen LogP contribution in [0.1, 0.15) is 26.3 Å². The number of thiocarbonyl (C=S) groups is 1. The number of benzene rings is 3. The zero-order valence-corrected chi connectivity index (χ0v) is 15.8. The zero-order valence-electron chi connectivity index (χ0n) is 15.0. The maximum absolute atomic E-state index is 12.6. The number of para-hydroxylation sites is 1. The third kappa shape index (κ3) is 5.25. The first-order chi connectivity index (χ1) is 13.6. The smallest absolute Gasteiger partial charge is 0.257 e. The maximum Gasteiger partial charge on any atom is 0.257 e. The summed E-state index contributed by atoms with van der Waals surface area (Å²) in [6.45, 7) is 0.420. The van der Waals surface area contributed by atoms with E-state index in [1.807, 2.05) is 36.4 Å². The Balaban J connectivity index is 1.63. The Morgan fingerprint density at radius 1 is 0.750 bits per heavy atom. The van der Waals surface area contributed by atoms with Crippen LogP contribution in [0.25, 0.3) is 0 Å². The molecule has 6 heteroatoms. The van der Waals surface area contributed by atoms with Gasteiger partial charge in [-0.2, -0.15) is 0 Å². The van der Waals surface area contributed by atoms with Gasteiger partial charge >= 0.3 is 0 Å². The van der Waals surface area contributed by atoms with Gasteiger partial charge in [-0.15, -0.1) is 0 Å². The summed E-state index contributed by atoms with van der Waals surface area (Å²) >= 11 is 5.22. The largest absolute Gasteiger partial charge is 0.348 e. The fourth-order valence-electron chi connectivity index (χ4n) is 2.58. The van der Waals surface area contributed by atoms with E-state index < -0.39 is 0 Å². The van der Waals surface area contributed by atoms with Gasteiger partial charge in [-0.3, -0.25) is 14.9 Å². The van der Waals surface area contributed by atoms with Gasteiger partial charge in [0.05, 0.1) is 11.3 Å². The zero-order chi connectivity index (χ0) is 19.8. The summed E-state index contributed by atoms with van der Waals surface area (Å²) in [7, 11) is 0. The van der Waals surface area contributed by atoms with Crippen LogP contribution in [0.4, 0.5) is 5.69 Å². The third-order valence-corrected chi connectivity index (χ3v) is 4.18. The Morgan fingerprint density at radius 2 is 1.36 bits per heavy atom. The Bertz CT molecular complexity index is 975. The van der Waals surface area contributed by atoms with Crippen molar-refractivity contribution in [2.24, 2.45) is 0 Å². The van der Waals surface area contributed by atoms with Gasteiger partial charge in [-0.05, 0) is 42.0 Å². The van der Waals surface area contributed by atoms with Gasteiger partial charge in [-0.1, -0.05) is 60.7 Å². The van der Waals surface area contributed by atoms with Crippen molar-refractivity contribution >= 4 is 34.8 Å². The molecule has 2 amide bonds. The second-order valence-electron chi connectivity index (χ2n) is 5.99. The van der Waals surface area contributed by atoms with Gasteiger partial charge in [0, 0.05) is 12.1 Å². The third-order valence-electron chi connectivity index (χ3n) is 3.98. The lowest BCUT2D eigenvalue weighted by molar-refractivity contribution is 0.0950. The van der Waals surface area contributed by atoms with Gasteiger partial charge in [0.25, 0.3) is 11.8 Å². The molecule has 0 aromatic heterocycles. The minimum atomic E-state index is -0.316. The number of hydrogen-bond donors (Lipinski definition) is 3. The molecule has 0 aliphatic rings. The van der Waals surface area contributed by atoms with Gasteiger partial charge in [0.1, 0.15) is 0 Å². The fraction of sp³-hybridized carbons (Fsp3) is 0.0455. The molecule has 140 valence electrons. The normalized spacial score (nSPS) is 10.0. The van der Waals surface area contributed by atoms with Crippen molar-refractivity contribution in [2.75, 3.05) is 5.32 Å². The number of carbonyl (C=O) groups is 2. The molecule has 5 nitrogen and oxygen atoms in total. The van der Waals surface area contributed by atoms with E-state index in [1.165, 1.54) is 0 Å². The molecule has 3 aromatic carbocycles. The van der Waals surface area contributed by atoms with E-state index in [9.17, 15) is 9.59 Å². The highest BCUT2D eigenvalue weighted by Gasteiger charge is 2.13. The SMILES string of the molecule is O=C(NC(=S)Nc1ccccc1C(=O)NCc1ccccc1)c1ccccc1. The van der Waals surface area contributed by atoms with Crippen LogP contribution in [-0.2, 0) is 6.54 Å². The topological polar surface area (TPSA) is 70.2 Å². The lowest BCUT2D eigenvalue weighted by Crippen LogP contribution is -2.35. The molecule has 0 spiro atoms. The van der Waals surface area contributed by atoms with Gasteiger partial charge in [0.2, 0.25) is 0 Å². The summed E-state index contributed by atoms with van der Waals surface area (Å²) in [5.41, 5.74) is 2.47. The first-order valence-corrected chi connectivity index (χ1v) is 9.13. The molecule has 3 N–H and O–H groups in total. The van der Waals surface area contributed by atoms with Crippen LogP contribution in [0.2, 0.25) is 0 Å². The van der Waals surface area contributed by atoms with Crippen LogP contribution >= 0.6 is 12.2 Å². The predicted octanol–water partition coefficient (Wildman–Crippen LogP) is 3.74. The van der Waals surface area contributed by atoms with Gasteiger partial charge in [-0.25, -0.2) is 0 Å². The molecule has 28 heavy (non-hydrogen) atoms.